The van der Waals surface area contributed by atoms with Crippen LogP contribution in [0.5, 0.6) is 0 Å². The summed E-state index contributed by atoms with van der Waals surface area (Å²) in [5, 5.41) is 17.6. The van der Waals surface area contributed by atoms with E-state index in [-0.39, 0.29) is 5.56 Å². The highest BCUT2D eigenvalue weighted by atomic mass is 19.4. The van der Waals surface area contributed by atoms with Crippen LogP contribution < -0.4 is 5.32 Å². The zero-order valence-electron chi connectivity index (χ0n) is 19.1. The molecule has 4 rings (SSSR count). The maximum Gasteiger partial charge on any atom is 0.424 e. The number of alkyl halides is 3. The number of hydrogen-bond donors (Lipinski definition) is 2. The molecule has 2 heterocycles. The van der Waals surface area contributed by atoms with Crippen molar-refractivity contribution in [2.24, 2.45) is 7.05 Å². The number of rotatable bonds is 7. The Morgan fingerprint density at radius 2 is 1.86 bits per heavy atom. The van der Waals surface area contributed by atoms with Gasteiger partial charge in [-0.2, -0.15) is 18.3 Å². The van der Waals surface area contributed by atoms with E-state index in [1.165, 1.54) is 25.6 Å². The Hall–Kier alpha value is -3.92. The topological polar surface area (TPSA) is 85.0 Å². The van der Waals surface area contributed by atoms with Gasteiger partial charge in [-0.15, -0.1) is 0 Å². The molecule has 2 aromatic heterocycles. The molecule has 35 heavy (non-hydrogen) atoms. The second kappa shape index (κ2) is 9.38. The summed E-state index contributed by atoms with van der Waals surface area (Å²) in [6.45, 7) is 1.47. The van der Waals surface area contributed by atoms with Gasteiger partial charge in [-0.25, -0.2) is 9.67 Å². The smallest absolute Gasteiger partial charge is 0.374 e. The lowest BCUT2D eigenvalue weighted by Crippen LogP contribution is -2.46. The number of aryl methyl sites for hydroxylation is 2. The largest absolute Gasteiger partial charge is 0.424 e. The van der Waals surface area contributed by atoms with Gasteiger partial charge in [0.25, 0.3) is 5.91 Å². The van der Waals surface area contributed by atoms with Gasteiger partial charge in [-0.1, -0.05) is 42.0 Å². The Morgan fingerprint density at radius 3 is 2.49 bits per heavy atom. The second-order valence-electron chi connectivity index (χ2n) is 8.27. The standard InChI is InChI=1S/C25H24F3N5O2/c1-17-7-6-8-18(15-17)21-20(16-33(31-21)19-9-4-3-5-10-19)22(34)29-12-11-24(35,25(26,27)28)23-30-13-14-32(23)2/h3-10,13-16,35H,11-12H2,1-2H3,(H,29,34). The SMILES string of the molecule is Cc1cccc(-c2nn(-c3ccccc3)cc2C(=O)NCCC(O)(c2nccn2C)C(F)(F)F)c1. The van der Waals surface area contributed by atoms with Gasteiger partial charge in [0.2, 0.25) is 5.60 Å². The Labute approximate surface area is 199 Å². The maximum absolute atomic E-state index is 13.8. The first-order valence-electron chi connectivity index (χ1n) is 10.9. The summed E-state index contributed by atoms with van der Waals surface area (Å²) in [4.78, 5) is 16.8. The second-order valence-corrected chi connectivity index (χ2v) is 8.27. The van der Waals surface area contributed by atoms with Crippen molar-refractivity contribution >= 4 is 5.91 Å². The third-order valence-corrected chi connectivity index (χ3v) is 5.70. The highest BCUT2D eigenvalue weighted by Crippen LogP contribution is 2.40. The minimum Gasteiger partial charge on any atom is -0.374 e. The van der Waals surface area contributed by atoms with E-state index in [4.69, 9.17) is 0 Å². The van der Waals surface area contributed by atoms with Gasteiger partial charge in [0.1, 0.15) is 11.5 Å². The normalized spacial score (nSPS) is 13.4. The molecule has 0 radical (unpaired) electrons. The number of aliphatic hydroxyl groups is 1. The molecule has 0 aliphatic rings. The number of halogens is 3. The Balaban J connectivity index is 1.61. The molecule has 2 N–H and O–H groups in total. The molecule has 182 valence electrons. The highest BCUT2D eigenvalue weighted by Gasteiger charge is 2.57. The molecule has 0 saturated heterocycles. The summed E-state index contributed by atoms with van der Waals surface area (Å²) >= 11 is 0. The van der Waals surface area contributed by atoms with E-state index >= 15 is 0 Å². The van der Waals surface area contributed by atoms with E-state index in [1.807, 2.05) is 61.5 Å². The van der Waals surface area contributed by atoms with E-state index in [0.717, 1.165) is 15.8 Å². The van der Waals surface area contributed by atoms with Crippen molar-refractivity contribution in [3.63, 3.8) is 0 Å². The molecule has 0 aliphatic heterocycles. The molecule has 7 nitrogen and oxygen atoms in total. The van der Waals surface area contributed by atoms with E-state index in [0.29, 0.717) is 11.3 Å². The fourth-order valence-corrected chi connectivity index (χ4v) is 3.86. The zero-order chi connectivity index (χ0) is 25.2. The number of nitrogens with zero attached hydrogens (tertiary/aromatic N) is 4. The van der Waals surface area contributed by atoms with Crippen LogP contribution in [0.25, 0.3) is 16.9 Å². The van der Waals surface area contributed by atoms with Gasteiger partial charge in [-0.05, 0) is 25.1 Å². The first kappa shape index (κ1) is 24.2. The van der Waals surface area contributed by atoms with E-state index in [1.54, 1.807) is 4.68 Å². The van der Waals surface area contributed by atoms with Crippen LogP contribution in [0.1, 0.15) is 28.2 Å². The first-order chi connectivity index (χ1) is 16.6. The fourth-order valence-electron chi connectivity index (χ4n) is 3.86. The molecule has 0 aliphatic carbocycles. The minimum atomic E-state index is -4.98. The van der Waals surface area contributed by atoms with Crippen molar-refractivity contribution in [1.82, 2.24) is 24.6 Å². The number of carbonyl (C=O) groups is 1. The van der Waals surface area contributed by atoms with Gasteiger partial charge in [-0.3, -0.25) is 4.79 Å². The van der Waals surface area contributed by atoms with Crippen LogP contribution in [-0.2, 0) is 12.6 Å². The van der Waals surface area contributed by atoms with Crippen molar-refractivity contribution in [2.45, 2.75) is 25.1 Å². The minimum absolute atomic E-state index is 0.201. The lowest BCUT2D eigenvalue weighted by atomic mass is 9.97. The van der Waals surface area contributed by atoms with Crippen LogP contribution in [0.15, 0.2) is 73.2 Å². The lowest BCUT2D eigenvalue weighted by Gasteiger charge is -2.29. The van der Waals surface area contributed by atoms with Gasteiger partial charge in [0.05, 0.1) is 11.3 Å². The number of carbonyl (C=O) groups excluding carboxylic acids is 1. The Kier molecular flexibility index (Phi) is 6.49. The van der Waals surface area contributed by atoms with Crippen molar-refractivity contribution in [1.29, 1.82) is 0 Å². The zero-order valence-corrected chi connectivity index (χ0v) is 19.1. The summed E-state index contributed by atoms with van der Waals surface area (Å²) in [5.74, 6) is -1.15. The number of aromatic nitrogens is 4. The van der Waals surface area contributed by atoms with Gasteiger partial charge >= 0.3 is 6.18 Å². The summed E-state index contributed by atoms with van der Waals surface area (Å²) in [5.41, 5.74) is -0.233. The number of hydrogen-bond acceptors (Lipinski definition) is 4. The molecule has 1 unspecified atom stereocenters. The molecule has 0 fully saturated rings. The van der Waals surface area contributed by atoms with Crippen molar-refractivity contribution in [2.75, 3.05) is 6.54 Å². The Bertz CT molecular complexity index is 1330. The third kappa shape index (κ3) is 4.83. The molecule has 0 bridgehead atoms. The average molecular weight is 483 g/mol. The fraction of sp³-hybridized carbons (Fsp3) is 0.240. The molecule has 0 saturated carbocycles. The average Bonchev–Trinajstić information content (AvgIpc) is 3.46. The lowest BCUT2D eigenvalue weighted by molar-refractivity contribution is -0.272. The number of benzene rings is 2. The van der Waals surface area contributed by atoms with E-state index in [2.05, 4.69) is 15.4 Å². The van der Waals surface area contributed by atoms with Crippen LogP contribution in [0.4, 0.5) is 13.2 Å². The van der Waals surface area contributed by atoms with Gasteiger partial charge in [0, 0.05) is 44.2 Å². The predicted molar refractivity (Wildman–Crippen MR) is 124 cm³/mol. The molecule has 10 heteroatoms. The molecule has 1 atom stereocenters. The summed E-state index contributed by atoms with van der Waals surface area (Å²) in [7, 11) is 1.36. The summed E-state index contributed by atoms with van der Waals surface area (Å²) in [6.07, 6.45) is -1.76. The Morgan fingerprint density at radius 1 is 1.11 bits per heavy atom. The monoisotopic (exact) mass is 483 g/mol. The number of imidazole rings is 1. The molecule has 0 spiro atoms. The van der Waals surface area contributed by atoms with Crippen LogP contribution >= 0.6 is 0 Å². The highest BCUT2D eigenvalue weighted by molar-refractivity contribution is 6.00. The van der Waals surface area contributed by atoms with Crippen molar-refractivity contribution in [3.8, 4) is 16.9 Å². The molecule has 2 aromatic carbocycles. The van der Waals surface area contributed by atoms with Crippen LogP contribution in [0.3, 0.4) is 0 Å². The molecule has 1 amide bonds. The van der Waals surface area contributed by atoms with Gasteiger partial charge in [0.15, 0.2) is 0 Å². The summed E-state index contributed by atoms with van der Waals surface area (Å²) < 4.78 is 44.0. The van der Waals surface area contributed by atoms with Crippen LogP contribution in [0, 0.1) is 6.92 Å². The number of amides is 1. The van der Waals surface area contributed by atoms with Gasteiger partial charge < -0.3 is 15.0 Å². The van der Waals surface area contributed by atoms with Crippen molar-refractivity contribution < 1.29 is 23.1 Å². The van der Waals surface area contributed by atoms with E-state index in [9.17, 15) is 23.1 Å². The molecular weight excluding hydrogens is 459 g/mol. The molecular formula is C25H24F3N5O2. The van der Waals surface area contributed by atoms with E-state index < -0.39 is 36.5 Å². The van der Waals surface area contributed by atoms with Crippen molar-refractivity contribution in [3.05, 3.63) is 90.1 Å². The number of nitrogens with one attached hydrogen (secondary N) is 1. The van der Waals surface area contributed by atoms with Crippen LogP contribution in [-0.4, -0.2) is 43.1 Å². The number of para-hydroxylation sites is 1. The predicted octanol–water partition coefficient (Wildman–Crippen LogP) is 4.15. The quantitative estimate of drug-likeness (QED) is 0.414. The molecule has 4 aromatic rings. The maximum atomic E-state index is 13.8. The third-order valence-electron chi connectivity index (χ3n) is 5.70. The summed E-state index contributed by atoms with van der Waals surface area (Å²) in [6, 6.07) is 16.6. The van der Waals surface area contributed by atoms with Crippen LogP contribution in [0.2, 0.25) is 0 Å². The first-order valence-corrected chi connectivity index (χ1v) is 10.9.